The lowest BCUT2D eigenvalue weighted by molar-refractivity contribution is 0.673. The van der Waals surface area contributed by atoms with Gasteiger partial charge in [-0.1, -0.05) is 140 Å². The van der Waals surface area contributed by atoms with Crippen LogP contribution < -0.4 is 0 Å². The Bertz CT molecular complexity index is 2500. The van der Waals surface area contributed by atoms with E-state index in [4.69, 9.17) is 5.79 Å². The van der Waals surface area contributed by atoms with Crippen molar-refractivity contribution >= 4 is 54.3 Å². The highest BCUT2D eigenvalue weighted by molar-refractivity contribution is 6.22. The first-order chi connectivity index (χ1) is 21.7. The van der Waals surface area contributed by atoms with Crippen molar-refractivity contribution in [2.24, 2.45) is 0 Å². The Labute approximate surface area is 250 Å². The van der Waals surface area contributed by atoms with Gasteiger partial charge in [0.15, 0.2) is 0 Å². The lowest BCUT2D eigenvalue weighted by Gasteiger charge is -2.18. The second kappa shape index (κ2) is 9.44. The van der Waals surface area contributed by atoms with Crippen LogP contribution in [-0.2, 0) is 0 Å². The second-order valence-corrected chi connectivity index (χ2v) is 11.2. The molecule has 0 atom stereocenters. The van der Waals surface area contributed by atoms with Gasteiger partial charge >= 0.3 is 0 Å². The number of fused-ring (bicyclic) bond motifs is 7. The molecule has 1 nitrogen and oxygen atoms in total. The topological polar surface area (TPSA) is 13.1 Å². The van der Waals surface area contributed by atoms with Crippen LogP contribution in [-0.4, -0.2) is 0 Å². The molecule has 9 rings (SSSR count). The molecule has 0 amide bonds. The maximum atomic E-state index is 8.03. The Hall–Kier alpha value is -5.66. The third-order valence-corrected chi connectivity index (χ3v) is 8.79. The van der Waals surface area contributed by atoms with Gasteiger partial charge in [0.05, 0.1) is 1.37 Å². The van der Waals surface area contributed by atoms with Crippen LogP contribution in [0.4, 0.5) is 0 Å². The van der Waals surface area contributed by atoms with E-state index in [1.165, 1.54) is 49.2 Å². The summed E-state index contributed by atoms with van der Waals surface area (Å²) in [4.78, 5) is 0. The van der Waals surface area contributed by atoms with Crippen molar-refractivity contribution < 1.29 is 5.79 Å². The van der Waals surface area contributed by atoms with Crippen LogP contribution in [0.5, 0.6) is 0 Å². The molecule has 0 spiro atoms. The molecule has 1 aromatic heterocycles. The molecule has 1 heterocycles. The first-order valence-corrected chi connectivity index (χ1v) is 14.7. The molecule has 0 N–H and O–H groups in total. The highest BCUT2D eigenvalue weighted by Crippen LogP contribution is 2.45. The smallest absolute Gasteiger partial charge is 0.143 e. The number of rotatable bonds is 3. The molecule has 0 bridgehead atoms. The lowest BCUT2D eigenvalue weighted by Crippen LogP contribution is -1.91. The first-order valence-electron chi connectivity index (χ1n) is 15.2. The zero-order valence-corrected chi connectivity index (χ0v) is 23.3. The lowest BCUT2D eigenvalue weighted by atomic mass is 9.85. The minimum Gasteiger partial charge on any atom is -0.455 e. The van der Waals surface area contributed by atoms with Crippen LogP contribution >= 0.6 is 0 Å². The quantitative estimate of drug-likeness (QED) is 0.201. The van der Waals surface area contributed by atoms with Gasteiger partial charge in [0.25, 0.3) is 0 Å². The van der Waals surface area contributed by atoms with E-state index >= 15 is 0 Å². The summed E-state index contributed by atoms with van der Waals surface area (Å²) in [5, 5.41) is 9.44. The summed E-state index contributed by atoms with van der Waals surface area (Å²) >= 11 is 0. The molecule has 8 aromatic carbocycles. The highest BCUT2D eigenvalue weighted by Gasteiger charge is 2.18. The Morgan fingerprint density at radius 3 is 1.72 bits per heavy atom. The highest BCUT2D eigenvalue weighted by atomic mass is 16.3. The van der Waals surface area contributed by atoms with Gasteiger partial charge in [0.1, 0.15) is 11.2 Å². The van der Waals surface area contributed by atoms with Gasteiger partial charge in [-0.3, -0.25) is 0 Å². The number of hydrogen-bond donors (Lipinski definition) is 0. The number of hydrogen-bond acceptors (Lipinski definition) is 1. The summed E-state index contributed by atoms with van der Waals surface area (Å²) in [7, 11) is 0. The van der Waals surface area contributed by atoms with E-state index in [1.54, 1.807) is 0 Å². The fourth-order valence-corrected chi connectivity index (χ4v) is 6.94. The summed E-state index contributed by atoms with van der Waals surface area (Å²) < 4.78 is 14.5. The second-order valence-electron chi connectivity index (χ2n) is 11.2. The summed E-state index contributed by atoms with van der Waals surface area (Å²) in [5.74, 6) is 0. The van der Waals surface area contributed by atoms with Crippen molar-refractivity contribution in [3.8, 4) is 33.4 Å². The van der Waals surface area contributed by atoms with Gasteiger partial charge in [-0.05, 0) is 78.5 Å². The average Bonchev–Trinajstić information content (AvgIpc) is 3.47. The van der Waals surface area contributed by atoms with Crippen LogP contribution in [0.3, 0.4) is 0 Å². The van der Waals surface area contributed by atoms with Crippen molar-refractivity contribution in [3.63, 3.8) is 0 Å². The Kier molecular flexibility index (Phi) is 5.04. The molecule has 0 aliphatic rings. The molecule has 43 heavy (non-hydrogen) atoms. The molecule has 0 unspecified atom stereocenters. The third kappa shape index (κ3) is 3.65. The number of benzene rings is 8. The first kappa shape index (κ1) is 23.0. The van der Waals surface area contributed by atoms with Crippen LogP contribution in [0.1, 0.15) is 1.37 Å². The van der Waals surface area contributed by atoms with E-state index in [1.807, 2.05) is 12.1 Å². The minimum absolute atomic E-state index is 0.518. The van der Waals surface area contributed by atoms with Gasteiger partial charge in [-0.15, -0.1) is 0 Å². The molecular formula is C42H26O. The van der Waals surface area contributed by atoms with E-state index in [0.29, 0.717) is 6.04 Å². The van der Waals surface area contributed by atoms with Crippen molar-refractivity contribution in [3.05, 3.63) is 158 Å². The molecule has 0 aliphatic carbocycles. The zero-order valence-electron chi connectivity index (χ0n) is 24.3. The van der Waals surface area contributed by atoms with Crippen molar-refractivity contribution in [1.29, 1.82) is 0 Å². The van der Waals surface area contributed by atoms with Gasteiger partial charge < -0.3 is 4.42 Å². The molecule has 0 radical (unpaired) electrons. The van der Waals surface area contributed by atoms with Gasteiger partial charge in [0.2, 0.25) is 0 Å². The number of furan rings is 1. The maximum Gasteiger partial charge on any atom is 0.143 e. The van der Waals surface area contributed by atoms with E-state index in [2.05, 4.69) is 140 Å². The molecule has 0 aliphatic heterocycles. The normalized spacial score (nSPS) is 12.0. The van der Waals surface area contributed by atoms with E-state index in [9.17, 15) is 0 Å². The Morgan fingerprint density at radius 2 is 1.00 bits per heavy atom. The molecule has 0 saturated heterocycles. The SMILES string of the molecule is [2H]c1ccc(-c2c3ccccc3c(-c3cccc(-c4cccc5oc6c7ccccc7ccc6c45)c3)c3ccccc23)cc1. The largest absolute Gasteiger partial charge is 0.455 e. The van der Waals surface area contributed by atoms with Crippen molar-refractivity contribution in [2.45, 2.75) is 0 Å². The van der Waals surface area contributed by atoms with Crippen molar-refractivity contribution in [2.75, 3.05) is 0 Å². The van der Waals surface area contributed by atoms with Crippen molar-refractivity contribution in [1.82, 2.24) is 0 Å². The summed E-state index contributed by atoms with van der Waals surface area (Å²) in [5.41, 5.74) is 8.90. The summed E-state index contributed by atoms with van der Waals surface area (Å²) in [6, 6.07) is 53.9. The predicted molar refractivity (Wildman–Crippen MR) is 183 cm³/mol. The molecule has 200 valence electrons. The Morgan fingerprint density at radius 1 is 0.419 bits per heavy atom. The van der Waals surface area contributed by atoms with Gasteiger partial charge in [-0.25, -0.2) is 0 Å². The molecule has 0 fully saturated rings. The summed E-state index contributed by atoms with van der Waals surface area (Å²) in [6.07, 6.45) is 0. The standard InChI is InChI=1S/C42H26O/c1-2-13-28(14-3-1)39-33-18-6-8-20-35(33)40(36-21-9-7-19-34(36)39)30-16-10-15-29(26-30)31-22-11-23-38-41(31)37-25-24-27-12-4-5-17-32(27)42(37)43-38/h1-26H/i1D. The molecule has 9 aromatic rings. The molecular weight excluding hydrogens is 520 g/mol. The zero-order chi connectivity index (χ0) is 29.2. The van der Waals surface area contributed by atoms with E-state index in [-0.39, 0.29) is 0 Å². The van der Waals surface area contributed by atoms with Crippen LogP contribution in [0.25, 0.3) is 87.6 Å². The van der Waals surface area contributed by atoms with Gasteiger partial charge in [0, 0.05) is 16.2 Å². The van der Waals surface area contributed by atoms with Crippen LogP contribution in [0.2, 0.25) is 0 Å². The van der Waals surface area contributed by atoms with E-state index in [0.717, 1.165) is 38.5 Å². The van der Waals surface area contributed by atoms with E-state index < -0.39 is 0 Å². The fourth-order valence-electron chi connectivity index (χ4n) is 6.94. The molecule has 0 saturated carbocycles. The average molecular weight is 548 g/mol. The minimum atomic E-state index is 0.518. The van der Waals surface area contributed by atoms with Crippen LogP contribution in [0, 0.1) is 0 Å². The molecule has 1 heteroatoms. The fraction of sp³-hybridized carbons (Fsp3) is 0. The maximum absolute atomic E-state index is 8.03. The van der Waals surface area contributed by atoms with Gasteiger partial charge in [-0.2, -0.15) is 0 Å². The summed E-state index contributed by atoms with van der Waals surface area (Å²) in [6.45, 7) is 0. The Balaban J connectivity index is 1.31. The predicted octanol–water partition coefficient (Wildman–Crippen LogP) is 12.0. The monoisotopic (exact) mass is 547 g/mol. The third-order valence-electron chi connectivity index (χ3n) is 8.79. The van der Waals surface area contributed by atoms with Crippen LogP contribution in [0.15, 0.2) is 162 Å².